The van der Waals surface area contributed by atoms with Crippen LogP contribution in [0.4, 0.5) is 0 Å². The lowest BCUT2D eigenvalue weighted by Gasteiger charge is -2.46. The summed E-state index contributed by atoms with van der Waals surface area (Å²) in [5, 5.41) is 19.4. The summed E-state index contributed by atoms with van der Waals surface area (Å²) < 4.78 is 0. The largest absolute Gasteiger partial charge is 0.396 e. The van der Waals surface area contributed by atoms with Crippen molar-refractivity contribution in [1.29, 1.82) is 0 Å². The zero-order valence-electron chi connectivity index (χ0n) is 8.71. The molecule has 4 atom stereocenters. The Labute approximate surface area is 85.3 Å². The van der Waals surface area contributed by atoms with Crippen molar-refractivity contribution in [2.24, 2.45) is 22.7 Å². The molecule has 3 aliphatic carbocycles. The molecular formula is C12H20O2. The molecule has 0 amide bonds. The van der Waals surface area contributed by atoms with Gasteiger partial charge in [-0.15, -0.1) is 0 Å². The van der Waals surface area contributed by atoms with Crippen LogP contribution in [0.2, 0.25) is 0 Å². The van der Waals surface area contributed by atoms with E-state index in [9.17, 15) is 10.2 Å². The number of aliphatic hydroxyl groups is 2. The summed E-state index contributed by atoms with van der Waals surface area (Å²) in [7, 11) is 0. The average Bonchev–Trinajstić information content (AvgIpc) is 2.88. The Morgan fingerprint density at radius 3 is 2.64 bits per heavy atom. The van der Waals surface area contributed by atoms with Crippen LogP contribution in [0.1, 0.15) is 38.5 Å². The van der Waals surface area contributed by atoms with Crippen LogP contribution in [0, 0.1) is 22.7 Å². The number of hydrogen-bond donors (Lipinski definition) is 2. The van der Waals surface area contributed by atoms with Gasteiger partial charge in [0.15, 0.2) is 0 Å². The van der Waals surface area contributed by atoms with Crippen molar-refractivity contribution in [2.45, 2.75) is 38.5 Å². The Kier molecular flexibility index (Phi) is 1.79. The lowest BCUT2D eigenvalue weighted by Crippen LogP contribution is -2.45. The minimum atomic E-state index is 0.105. The fourth-order valence-corrected chi connectivity index (χ4v) is 5.07. The van der Waals surface area contributed by atoms with Gasteiger partial charge in [-0.1, -0.05) is 6.42 Å². The average molecular weight is 196 g/mol. The molecule has 0 spiro atoms. The maximum Gasteiger partial charge on any atom is 0.0496 e. The topological polar surface area (TPSA) is 40.5 Å². The second-order valence-electron chi connectivity index (χ2n) is 5.75. The molecule has 3 rings (SSSR count). The van der Waals surface area contributed by atoms with Gasteiger partial charge < -0.3 is 10.2 Å². The van der Waals surface area contributed by atoms with Crippen LogP contribution in [0.25, 0.3) is 0 Å². The van der Waals surface area contributed by atoms with Crippen molar-refractivity contribution >= 4 is 0 Å². The summed E-state index contributed by atoms with van der Waals surface area (Å²) >= 11 is 0. The molecule has 0 aromatic carbocycles. The minimum Gasteiger partial charge on any atom is -0.396 e. The predicted molar refractivity (Wildman–Crippen MR) is 53.7 cm³/mol. The zero-order chi connectivity index (χ0) is 9.81. The SMILES string of the molecule is OCC12CCC(C1)C1CCCC12CO. The van der Waals surface area contributed by atoms with E-state index < -0.39 is 0 Å². The van der Waals surface area contributed by atoms with Crippen LogP contribution >= 0.6 is 0 Å². The molecule has 2 bridgehead atoms. The summed E-state index contributed by atoms with van der Waals surface area (Å²) in [5.41, 5.74) is 0.220. The highest BCUT2D eigenvalue weighted by atomic mass is 16.3. The predicted octanol–water partition coefficient (Wildman–Crippen LogP) is 1.56. The summed E-state index contributed by atoms with van der Waals surface area (Å²) in [6, 6.07) is 0. The number of hydrogen-bond acceptors (Lipinski definition) is 2. The van der Waals surface area contributed by atoms with E-state index in [4.69, 9.17) is 0 Å². The van der Waals surface area contributed by atoms with Gasteiger partial charge in [0.1, 0.15) is 0 Å². The molecule has 0 aromatic rings. The summed E-state index contributed by atoms with van der Waals surface area (Å²) in [6.07, 6.45) is 7.37. The molecule has 0 radical (unpaired) electrons. The van der Waals surface area contributed by atoms with Crippen LogP contribution in [0.5, 0.6) is 0 Å². The van der Waals surface area contributed by atoms with Gasteiger partial charge in [-0.2, -0.15) is 0 Å². The van der Waals surface area contributed by atoms with Crippen molar-refractivity contribution in [3.63, 3.8) is 0 Å². The van der Waals surface area contributed by atoms with Crippen LogP contribution in [0.15, 0.2) is 0 Å². The fourth-order valence-electron chi connectivity index (χ4n) is 5.07. The Hall–Kier alpha value is -0.0800. The Bertz CT molecular complexity index is 253. The molecule has 2 nitrogen and oxygen atoms in total. The van der Waals surface area contributed by atoms with Crippen LogP contribution in [-0.4, -0.2) is 23.4 Å². The fraction of sp³-hybridized carbons (Fsp3) is 1.00. The first-order valence-corrected chi connectivity index (χ1v) is 6.00. The third-order valence-electron chi connectivity index (χ3n) is 5.70. The second-order valence-corrected chi connectivity index (χ2v) is 5.75. The van der Waals surface area contributed by atoms with Gasteiger partial charge in [-0.25, -0.2) is 0 Å². The molecule has 2 N–H and O–H groups in total. The van der Waals surface area contributed by atoms with Gasteiger partial charge in [0.25, 0.3) is 0 Å². The maximum absolute atomic E-state index is 9.73. The van der Waals surface area contributed by atoms with Crippen molar-refractivity contribution in [1.82, 2.24) is 0 Å². The first-order valence-electron chi connectivity index (χ1n) is 6.00. The van der Waals surface area contributed by atoms with Crippen LogP contribution in [0.3, 0.4) is 0 Å². The van der Waals surface area contributed by atoms with Crippen LogP contribution < -0.4 is 0 Å². The van der Waals surface area contributed by atoms with Gasteiger partial charge >= 0.3 is 0 Å². The van der Waals surface area contributed by atoms with E-state index >= 15 is 0 Å². The monoisotopic (exact) mass is 196 g/mol. The molecule has 3 fully saturated rings. The molecule has 0 heterocycles. The standard InChI is InChI=1S/C12H20O2/c13-7-11-5-3-9(6-11)10-2-1-4-12(10,11)8-14/h9-10,13-14H,1-8H2. The zero-order valence-corrected chi connectivity index (χ0v) is 8.71. The van der Waals surface area contributed by atoms with Crippen molar-refractivity contribution in [3.05, 3.63) is 0 Å². The van der Waals surface area contributed by atoms with Gasteiger partial charge in [-0.3, -0.25) is 0 Å². The molecule has 80 valence electrons. The number of rotatable bonds is 2. The smallest absolute Gasteiger partial charge is 0.0496 e. The maximum atomic E-state index is 9.73. The summed E-state index contributed by atoms with van der Waals surface area (Å²) in [5.74, 6) is 1.55. The van der Waals surface area contributed by atoms with Crippen molar-refractivity contribution < 1.29 is 10.2 Å². The lowest BCUT2D eigenvalue weighted by atomic mass is 9.60. The van der Waals surface area contributed by atoms with E-state index in [2.05, 4.69) is 0 Å². The first kappa shape index (κ1) is 9.17. The number of aliphatic hydroxyl groups excluding tert-OH is 2. The molecular weight excluding hydrogens is 176 g/mol. The highest BCUT2D eigenvalue weighted by Gasteiger charge is 2.67. The Morgan fingerprint density at radius 2 is 1.93 bits per heavy atom. The third-order valence-corrected chi connectivity index (χ3v) is 5.70. The Morgan fingerprint density at radius 1 is 1.07 bits per heavy atom. The quantitative estimate of drug-likeness (QED) is 0.703. The molecule has 4 unspecified atom stereocenters. The minimum absolute atomic E-state index is 0.105. The molecule has 14 heavy (non-hydrogen) atoms. The third kappa shape index (κ3) is 0.772. The normalized spacial score (nSPS) is 55.3. The molecule has 0 aromatic heterocycles. The van der Waals surface area contributed by atoms with Crippen LogP contribution in [-0.2, 0) is 0 Å². The highest BCUT2D eigenvalue weighted by Crippen LogP contribution is 2.72. The van der Waals surface area contributed by atoms with E-state index in [0.717, 1.165) is 24.7 Å². The van der Waals surface area contributed by atoms with Crippen molar-refractivity contribution in [2.75, 3.05) is 13.2 Å². The van der Waals surface area contributed by atoms with Gasteiger partial charge in [-0.05, 0) is 43.9 Å². The van der Waals surface area contributed by atoms with E-state index in [-0.39, 0.29) is 10.8 Å². The van der Waals surface area contributed by atoms with Gasteiger partial charge in [0.05, 0.1) is 0 Å². The highest BCUT2D eigenvalue weighted by molar-refractivity contribution is 5.16. The molecule has 0 aliphatic heterocycles. The summed E-state index contributed by atoms with van der Waals surface area (Å²) in [6.45, 7) is 0.620. The summed E-state index contributed by atoms with van der Waals surface area (Å²) in [4.78, 5) is 0. The van der Waals surface area contributed by atoms with E-state index in [0.29, 0.717) is 13.2 Å². The number of fused-ring (bicyclic) bond motifs is 5. The lowest BCUT2D eigenvalue weighted by molar-refractivity contribution is -0.0597. The Balaban J connectivity index is 2.04. The second kappa shape index (κ2) is 2.73. The van der Waals surface area contributed by atoms with Gasteiger partial charge in [0, 0.05) is 24.0 Å². The molecule has 0 saturated heterocycles. The first-order chi connectivity index (χ1) is 6.78. The van der Waals surface area contributed by atoms with Crippen molar-refractivity contribution in [3.8, 4) is 0 Å². The van der Waals surface area contributed by atoms with Gasteiger partial charge in [0.2, 0.25) is 0 Å². The van der Waals surface area contributed by atoms with E-state index in [1.54, 1.807) is 0 Å². The molecule has 3 aliphatic rings. The van der Waals surface area contributed by atoms with E-state index in [1.807, 2.05) is 0 Å². The molecule has 2 heteroatoms. The molecule has 3 saturated carbocycles. The van der Waals surface area contributed by atoms with E-state index in [1.165, 1.54) is 25.7 Å².